The molecule has 17 heavy (non-hydrogen) atoms. The minimum atomic E-state index is -0.525. The van der Waals surface area contributed by atoms with Gasteiger partial charge in [-0.2, -0.15) is 5.10 Å². The molecular formula is C10H13N5O2. The Balaban J connectivity index is 2.58. The number of amides is 1. The third-order valence-electron chi connectivity index (χ3n) is 1.64. The van der Waals surface area contributed by atoms with E-state index in [-0.39, 0.29) is 12.6 Å². The summed E-state index contributed by atoms with van der Waals surface area (Å²) in [6.07, 6.45) is 1.48. The molecule has 0 saturated carbocycles. The van der Waals surface area contributed by atoms with Crippen molar-refractivity contribution < 1.29 is 9.53 Å². The van der Waals surface area contributed by atoms with Gasteiger partial charge in [0.25, 0.3) is 5.91 Å². The summed E-state index contributed by atoms with van der Waals surface area (Å²) < 4.78 is 5.08. The summed E-state index contributed by atoms with van der Waals surface area (Å²) in [5.41, 5.74) is 15.9. The van der Waals surface area contributed by atoms with E-state index in [1.165, 1.54) is 6.21 Å². The molecule has 0 unspecified atom stereocenters. The standard InChI is InChI=1S/C10H13N5O2/c11-9(16)6-17-8-3-1-7(2-4-8)5-14-15-10(12)13/h1-5H,6H2,(H2,11,16)(H4,12,13,15). The van der Waals surface area contributed by atoms with E-state index in [0.717, 1.165) is 5.56 Å². The molecule has 0 fully saturated rings. The van der Waals surface area contributed by atoms with E-state index in [0.29, 0.717) is 5.75 Å². The largest absolute Gasteiger partial charge is 0.484 e. The number of hydrogen-bond donors (Lipinski definition) is 3. The number of rotatable bonds is 5. The van der Waals surface area contributed by atoms with Crippen LogP contribution in [0.4, 0.5) is 0 Å². The lowest BCUT2D eigenvalue weighted by molar-refractivity contribution is -0.119. The van der Waals surface area contributed by atoms with Crippen LogP contribution in [0.25, 0.3) is 0 Å². The predicted molar refractivity (Wildman–Crippen MR) is 64.5 cm³/mol. The van der Waals surface area contributed by atoms with Gasteiger partial charge in [0.2, 0.25) is 5.96 Å². The SMILES string of the molecule is NC(=O)COc1ccc(C=NN=C(N)N)cc1. The lowest BCUT2D eigenvalue weighted by Gasteiger charge is -2.02. The van der Waals surface area contributed by atoms with Gasteiger partial charge in [-0.15, -0.1) is 5.10 Å². The molecule has 1 aromatic carbocycles. The number of primary amides is 1. The summed E-state index contributed by atoms with van der Waals surface area (Å²) in [4.78, 5) is 10.5. The molecule has 0 aliphatic rings. The van der Waals surface area contributed by atoms with Crippen molar-refractivity contribution in [3.8, 4) is 5.75 Å². The van der Waals surface area contributed by atoms with Crippen molar-refractivity contribution >= 4 is 18.1 Å². The molecule has 1 amide bonds. The van der Waals surface area contributed by atoms with Crippen molar-refractivity contribution in [2.75, 3.05) is 6.61 Å². The molecular weight excluding hydrogens is 222 g/mol. The molecule has 90 valence electrons. The Morgan fingerprint density at radius 2 is 1.88 bits per heavy atom. The van der Waals surface area contributed by atoms with Crippen LogP contribution in [0.15, 0.2) is 34.5 Å². The third-order valence-corrected chi connectivity index (χ3v) is 1.64. The summed E-state index contributed by atoms with van der Waals surface area (Å²) in [6, 6.07) is 6.84. The normalized spacial score (nSPS) is 10.1. The summed E-state index contributed by atoms with van der Waals surface area (Å²) in [5.74, 6) is -0.0890. The van der Waals surface area contributed by atoms with Crippen molar-refractivity contribution in [3.05, 3.63) is 29.8 Å². The zero-order valence-electron chi connectivity index (χ0n) is 9.04. The third kappa shape index (κ3) is 5.17. The zero-order chi connectivity index (χ0) is 12.7. The molecule has 0 aliphatic carbocycles. The Morgan fingerprint density at radius 3 is 2.41 bits per heavy atom. The molecule has 7 heteroatoms. The molecule has 0 aliphatic heterocycles. The second kappa shape index (κ2) is 6.11. The van der Waals surface area contributed by atoms with Crippen molar-refractivity contribution in [2.45, 2.75) is 0 Å². The maximum Gasteiger partial charge on any atom is 0.255 e. The van der Waals surface area contributed by atoms with Gasteiger partial charge in [0.1, 0.15) is 5.75 Å². The quantitative estimate of drug-likeness (QED) is 0.349. The molecule has 0 spiro atoms. The van der Waals surface area contributed by atoms with Crippen molar-refractivity contribution in [1.29, 1.82) is 0 Å². The van der Waals surface area contributed by atoms with Crippen molar-refractivity contribution in [1.82, 2.24) is 0 Å². The first-order chi connectivity index (χ1) is 8.08. The van der Waals surface area contributed by atoms with Crippen molar-refractivity contribution in [2.24, 2.45) is 27.4 Å². The maximum absolute atomic E-state index is 10.5. The summed E-state index contributed by atoms with van der Waals surface area (Å²) in [7, 11) is 0. The van der Waals surface area contributed by atoms with Gasteiger partial charge in [-0.3, -0.25) is 4.79 Å². The van der Waals surface area contributed by atoms with Gasteiger partial charge >= 0.3 is 0 Å². The molecule has 1 aromatic rings. The predicted octanol–water partition coefficient (Wildman–Crippen LogP) is -0.842. The average molecular weight is 235 g/mol. The highest BCUT2D eigenvalue weighted by atomic mass is 16.5. The summed E-state index contributed by atoms with van der Waals surface area (Å²) >= 11 is 0. The number of carbonyl (C=O) groups is 1. The number of ether oxygens (including phenoxy) is 1. The molecule has 0 bridgehead atoms. The summed E-state index contributed by atoms with van der Waals surface area (Å²) in [6.45, 7) is -0.151. The van der Waals surface area contributed by atoms with Crippen LogP contribution in [0.2, 0.25) is 0 Å². The molecule has 6 N–H and O–H groups in total. The molecule has 0 atom stereocenters. The number of hydrogen-bond acceptors (Lipinski definition) is 4. The van der Waals surface area contributed by atoms with E-state index in [2.05, 4.69) is 10.2 Å². The maximum atomic E-state index is 10.5. The monoisotopic (exact) mass is 235 g/mol. The summed E-state index contributed by atoms with van der Waals surface area (Å²) in [5, 5.41) is 7.09. The van der Waals surface area contributed by atoms with Crippen molar-refractivity contribution in [3.63, 3.8) is 0 Å². The number of nitrogens with zero attached hydrogens (tertiary/aromatic N) is 2. The van der Waals surface area contributed by atoms with Gasteiger partial charge in [0.05, 0.1) is 6.21 Å². The zero-order valence-corrected chi connectivity index (χ0v) is 9.04. The smallest absolute Gasteiger partial charge is 0.255 e. The Kier molecular flexibility index (Phi) is 4.49. The van der Waals surface area contributed by atoms with Crippen LogP contribution in [0.5, 0.6) is 5.75 Å². The Labute approximate surface area is 97.9 Å². The highest BCUT2D eigenvalue weighted by Crippen LogP contribution is 2.10. The van der Waals surface area contributed by atoms with Gasteiger partial charge < -0.3 is 21.9 Å². The van der Waals surface area contributed by atoms with Gasteiger partial charge in [-0.05, 0) is 29.8 Å². The Bertz CT molecular complexity index is 435. The van der Waals surface area contributed by atoms with Crippen LogP contribution in [0, 0.1) is 0 Å². The lowest BCUT2D eigenvalue weighted by Crippen LogP contribution is -2.21. The molecule has 0 heterocycles. The van der Waals surface area contributed by atoms with E-state index in [4.69, 9.17) is 21.9 Å². The van der Waals surface area contributed by atoms with Crippen LogP contribution >= 0.6 is 0 Å². The van der Waals surface area contributed by atoms with Crippen LogP contribution in [-0.2, 0) is 4.79 Å². The number of benzene rings is 1. The second-order valence-electron chi connectivity index (χ2n) is 3.09. The molecule has 0 radical (unpaired) electrons. The first-order valence-electron chi connectivity index (χ1n) is 4.71. The molecule has 0 aromatic heterocycles. The van der Waals surface area contributed by atoms with E-state index in [9.17, 15) is 4.79 Å². The van der Waals surface area contributed by atoms with E-state index < -0.39 is 5.91 Å². The van der Waals surface area contributed by atoms with Crippen LogP contribution in [-0.4, -0.2) is 24.7 Å². The van der Waals surface area contributed by atoms with Gasteiger partial charge in [0.15, 0.2) is 6.61 Å². The highest BCUT2D eigenvalue weighted by Gasteiger charge is 1.96. The van der Waals surface area contributed by atoms with Crippen LogP contribution < -0.4 is 21.9 Å². The number of carbonyl (C=O) groups excluding carboxylic acids is 1. The first kappa shape index (κ1) is 12.5. The van der Waals surface area contributed by atoms with E-state index >= 15 is 0 Å². The average Bonchev–Trinajstić information content (AvgIpc) is 2.27. The highest BCUT2D eigenvalue weighted by molar-refractivity contribution is 5.81. The Hall–Kier alpha value is -2.57. The van der Waals surface area contributed by atoms with E-state index in [1.54, 1.807) is 24.3 Å². The Morgan fingerprint density at radius 1 is 1.24 bits per heavy atom. The molecule has 0 saturated heterocycles. The minimum absolute atomic E-state index is 0.109. The fourth-order valence-electron chi connectivity index (χ4n) is 0.967. The van der Waals surface area contributed by atoms with Gasteiger partial charge in [-0.1, -0.05) is 0 Å². The van der Waals surface area contributed by atoms with Gasteiger partial charge in [-0.25, -0.2) is 0 Å². The first-order valence-corrected chi connectivity index (χ1v) is 4.71. The van der Waals surface area contributed by atoms with Crippen LogP contribution in [0.1, 0.15) is 5.56 Å². The fourth-order valence-corrected chi connectivity index (χ4v) is 0.967. The fraction of sp³-hybridized carbons (Fsp3) is 0.100. The number of guanidine groups is 1. The van der Waals surface area contributed by atoms with Gasteiger partial charge in [0, 0.05) is 0 Å². The molecule has 7 nitrogen and oxygen atoms in total. The number of nitrogens with two attached hydrogens (primary N) is 3. The molecule has 1 rings (SSSR count). The lowest BCUT2D eigenvalue weighted by atomic mass is 10.2. The van der Waals surface area contributed by atoms with E-state index in [1.807, 2.05) is 0 Å². The van der Waals surface area contributed by atoms with Crippen LogP contribution in [0.3, 0.4) is 0 Å². The second-order valence-corrected chi connectivity index (χ2v) is 3.09. The minimum Gasteiger partial charge on any atom is -0.484 e. The topological polar surface area (TPSA) is 129 Å².